The van der Waals surface area contributed by atoms with Gasteiger partial charge in [0, 0.05) is 18.5 Å². The van der Waals surface area contributed by atoms with Crippen molar-refractivity contribution in [1.29, 1.82) is 0 Å². The lowest BCUT2D eigenvalue weighted by atomic mass is 10.0. The lowest BCUT2D eigenvalue weighted by Gasteiger charge is -2.18. The number of carbonyl (C=O) groups excluding carboxylic acids is 1. The molecule has 0 aromatic rings. The molecule has 88 valence electrons. The Balaban J connectivity index is 2.16. The third kappa shape index (κ3) is 5.17. The first-order valence-electron chi connectivity index (χ1n) is 6.04. The van der Waals surface area contributed by atoms with Crippen LogP contribution in [-0.2, 0) is 4.79 Å². The van der Waals surface area contributed by atoms with Gasteiger partial charge in [-0.3, -0.25) is 4.79 Å². The maximum Gasteiger partial charge on any atom is 0.221 e. The Morgan fingerprint density at radius 1 is 1.40 bits per heavy atom. The van der Waals surface area contributed by atoms with Crippen molar-refractivity contribution in [2.45, 2.75) is 58.5 Å². The Hall–Kier alpha value is -0.570. The van der Waals surface area contributed by atoms with Crippen molar-refractivity contribution >= 4 is 5.91 Å². The molecular formula is C12H24N2O. The summed E-state index contributed by atoms with van der Waals surface area (Å²) in [6.07, 6.45) is 4.26. The van der Waals surface area contributed by atoms with Crippen molar-refractivity contribution in [1.82, 2.24) is 5.32 Å². The van der Waals surface area contributed by atoms with Crippen LogP contribution in [0.2, 0.25) is 0 Å². The van der Waals surface area contributed by atoms with Crippen LogP contribution in [0, 0.1) is 11.8 Å². The second-order valence-electron chi connectivity index (χ2n) is 5.26. The van der Waals surface area contributed by atoms with Gasteiger partial charge in [0.1, 0.15) is 0 Å². The van der Waals surface area contributed by atoms with Crippen LogP contribution >= 0.6 is 0 Å². The largest absolute Gasteiger partial charge is 0.354 e. The van der Waals surface area contributed by atoms with Gasteiger partial charge in [0.2, 0.25) is 5.91 Å². The zero-order valence-electron chi connectivity index (χ0n) is 10.1. The SMILES string of the molecule is CC(CC1CC1)NC(=O)CC(N)C(C)C. The zero-order valence-corrected chi connectivity index (χ0v) is 10.1. The molecule has 0 saturated heterocycles. The number of carbonyl (C=O) groups is 1. The van der Waals surface area contributed by atoms with Crippen LogP contribution in [0.4, 0.5) is 0 Å². The molecule has 0 heterocycles. The van der Waals surface area contributed by atoms with E-state index in [0.717, 1.165) is 12.3 Å². The Kier molecular flexibility index (Phi) is 4.58. The standard InChI is InChI=1S/C12H24N2O/c1-8(2)11(13)7-12(15)14-9(3)6-10-4-5-10/h8-11H,4-7,13H2,1-3H3,(H,14,15). The van der Waals surface area contributed by atoms with Crippen LogP contribution in [0.1, 0.15) is 46.5 Å². The van der Waals surface area contributed by atoms with Crippen molar-refractivity contribution in [2.24, 2.45) is 17.6 Å². The number of nitrogens with two attached hydrogens (primary N) is 1. The molecule has 2 atom stereocenters. The Morgan fingerprint density at radius 2 is 2.00 bits per heavy atom. The molecule has 1 amide bonds. The summed E-state index contributed by atoms with van der Waals surface area (Å²) in [7, 11) is 0. The molecule has 1 fully saturated rings. The van der Waals surface area contributed by atoms with Crippen LogP contribution < -0.4 is 11.1 Å². The smallest absolute Gasteiger partial charge is 0.221 e. The molecule has 2 unspecified atom stereocenters. The van der Waals surface area contributed by atoms with Gasteiger partial charge in [-0.05, 0) is 25.2 Å². The predicted octanol–water partition coefficient (Wildman–Crippen LogP) is 1.66. The van der Waals surface area contributed by atoms with E-state index in [1.54, 1.807) is 0 Å². The first-order valence-corrected chi connectivity index (χ1v) is 6.04. The highest BCUT2D eigenvalue weighted by atomic mass is 16.1. The second kappa shape index (κ2) is 5.50. The van der Waals surface area contributed by atoms with E-state index in [-0.39, 0.29) is 11.9 Å². The number of nitrogens with one attached hydrogen (secondary N) is 1. The van der Waals surface area contributed by atoms with Crippen LogP contribution in [0.5, 0.6) is 0 Å². The summed E-state index contributed by atoms with van der Waals surface area (Å²) in [5, 5.41) is 3.02. The fourth-order valence-corrected chi connectivity index (χ4v) is 1.70. The third-order valence-corrected chi connectivity index (χ3v) is 3.07. The van der Waals surface area contributed by atoms with Crippen LogP contribution in [0.25, 0.3) is 0 Å². The zero-order chi connectivity index (χ0) is 11.4. The number of amides is 1. The normalized spacial score (nSPS) is 20.1. The van der Waals surface area contributed by atoms with Gasteiger partial charge in [-0.2, -0.15) is 0 Å². The van der Waals surface area contributed by atoms with Gasteiger partial charge in [0.15, 0.2) is 0 Å². The Bertz CT molecular complexity index is 212. The monoisotopic (exact) mass is 212 g/mol. The highest BCUT2D eigenvalue weighted by Crippen LogP contribution is 2.33. The topological polar surface area (TPSA) is 55.1 Å². The molecule has 0 aromatic heterocycles. The van der Waals surface area contributed by atoms with E-state index in [9.17, 15) is 4.79 Å². The molecule has 1 aliphatic carbocycles. The van der Waals surface area contributed by atoms with Gasteiger partial charge >= 0.3 is 0 Å². The minimum atomic E-state index is -0.0156. The number of rotatable bonds is 6. The molecule has 3 N–H and O–H groups in total. The van der Waals surface area contributed by atoms with Crippen molar-refractivity contribution in [3.63, 3.8) is 0 Å². The number of hydrogen-bond acceptors (Lipinski definition) is 2. The van der Waals surface area contributed by atoms with Gasteiger partial charge in [-0.15, -0.1) is 0 Å². The summed E-state index contributed by atoms with van der Waals surface area (Å²) in [6.45, 7) is 6.17. The van der Waals surface area contributed by atoms with Crippen molar-refractivity contribution in [3.8, 4) is 0 Å². The molecule has 1 saturated carbocycles. The van der Waals surface area contributed by atoms with E-state index < -0.39 is 0 Å². The van der Waals surface area contributed by atoms with Gasteiger partial charge in [-0.25, -0.2) is 0 Å². The minimum absolute atomic E-state index is 0.0156. The van der Waals surface area contributed by atoms with E-state index in [4.69, 9.17) is 5.73 Å². The quantitative estimate of drug-likeness (QED) is 0.703. The summed E-state index contributed by atoms with van der Waals surface area (Å²) in [6, 6.07) is 0.294. The molecule has 3 nitrogen and oxygen atoms in total. The molecule has 1 rings (SSSR count). The minimum Gasteiger partial charge on any atom is -0.354 e. The summed E-state index contributed by atoms with van der Waals surface area (Å²) >= 11 is 0. The molecule has 0 bridgehead atoms. The maximum atomic E-state index is 11.6. The average Bonchev–Trinajstić information content (AvgIpc) is 2.86. The fourth-order valence-electron chi connectivity index (χ4n) is 1.70. The van der Waals surface area contributed by atoms with Gasteiger partial charge in [-0.1, -0.05) is 26.7 Å². The van der Waals surface area contributed by atoms with Crippen LogP contribution in [-0.4, -0.2) is 18.0 Å². The first kappa shape index (κ1) is 12.5. The van der Waals surface area contributed by atoms with E-state index in [2.05, 4.69) is 12.2 Å². The van der Waals surface area contributed by atoms with E-state index in [0.29, 0.717) is 18.4 Å². The van der Waals surface area contributed by atoms with Crippen molar-refractivity contribution in [2.75, 3.05) is 0 Å². The molecule has 15 heavy (non-hydrogen) atoms. The highest BCUT2D eigenvalue weighted by Gasteiger charge is 2.24. The molecule has 0 aromatic carbocycles. The van der Waals surface area contributed by atoms with Gasteiger partial charge in [0.05, 0.1) is 0 Å². The Morgan fingerprint density at radius 3 is 2.47 bits per heavy atom. The van der Waals surface area contributed by atoms with Gasteiger partial charge in [0.25, 0.3) is 0 Å². The third-order valence-electron chi connectivity index (χ3n) is 3.07. The molecule has 3 heteroatoms. The lowest BCUT2D eigenvalue weighted by Crippen LogP contribution is -2.38. The Labute approximate surface area is 92.8 Å². The predicted molar refractivity (Wildman–Crippen MR) is 62.4 cm³/mol. The van der Waals surface area contributed by atoms with E-state index >= 15 is 0 Å². The maximum absolute atomic E-state index is 11.6. The lowest BCUT2D eigenvalue weighted by molar-refractivity contribution is -0.122. The summed E-state index contributed by atoms with van der Waals surface area (Å²) in [5.74, 6) is 1.33. The van der Waals surface area contributed by atoms with Gasteiger partial charge < -0.3 is 11.1 Å². The second-order valence-corrected chi connectivity index (χ2v) is 5.26. The first-order chi connectivity index (χ1) is 6.99. The molecular weight excluding hydrogens is 188 g/mol. The van der Waals surface area contributed by atoms with E-state index in [1.165, 1.54) is 12.8 Å². The molecule has 0 aliphatic heterocycles. The van der Waals surface area contributed by atoms with Crippen molar-refractivity contribution < 1.29 is 4.79 Å². The van der Waals surface area contributed by atoms with Crippen LogP contribution in [0.3, 0.4) is 0 Å². The molecule has 0 radical (unpaired) electrons. The summed E-state index contributed by atoms with van der Waals surface area (Å²) in [4.78, 5) is 11.6. The number of hydrogen-bond donors (Lipinski definition) is 2. The summed E-state index contributed by atoms with van der Waals surface area (Å²) in [5.41, 5.74) is 5.85. The molecule has 0 spiro atoms. The van der Waals surface area contributed by atoms with Crippen LogP contribution in [0.15, 0.2) is 0 Å². The summed E-state index contributed by atoms with van der Waals surface area (Å²) < 4.78 is 0. The average molecular weight is 212 g/mol. The van der Waals surface area contributed by atoms with Crippen molar-refractivity contribution in [3.05, 3.63) is 0 Å². The van der Waals surface area contributed by atoms with E-state index in [1.807, 2.05) is 13.8 Å². The fraction of sp³-hybridized carbons (Fsp3) is 0.917. The highest BCUT2D eigenvalue weighted by molar-refractivity contribution is 5.76. The molecule has 1 aliphatic rings.